The van der Waals surface area contributed by atoms with Gasteiger partial charge in [-0.25, -0.2) is 0 Å². The van der Waals surface area contributed by atoms with Gasteiger partial charge < -0.3 is 10.1 Å². The molecule has 22 heavy (non-hydrogen) atoms. The first-order valence-corrected chi connectivity index (χ1v) is 7.43. The fourth-order valence-electron chi connectivity index (χ4n) is 1.87. The Labute approximate surface area is 130 Å². The van der Waals surface area contributed by atoms with E-state index in [1.54, 1.807) is 24.3 Å². The molecule has 0 saturated heterocycles. The van der Waals surface area contributed by atoms with Crippen LogP contribution in [0, 0.1) is 11.8 Å². The van der Waals surface area contributed by atoms with Gasteiger partial charge in [-0.1, -0.05) is 32.1 Å². The molecular formula is C17H22F3NO. The van der Waals surface area contributed by atoms with Gasteiger partial charge in [-0.3, -0.25) is 0 Å². The Morgan fingerprint density at radius 3 is 2.36 bits per heavy atom. The third kappa shape index (κ3) is 6.75. The number of anilines is 1. The molecule has 0 heterocycles. The highest BCUT2D eigenvalue weighted by atomic mass is 19.4. The minimum Gasteiger partial charge on any atom is -0.497 e. The van der Waals surface area contributed by atoms with E-state index in [4.69, 9.17) is 4.74 Å². The summed E-state index contributed by atoms with van der Waals surface area (Å²) in [6.45, 7) is 2.09. The molecule has 0 aliphatic heterocycles. The first-order chi connectivity index (χ1) is 10.5. The Kier molecular flexibility index (Phi) is 7.65. The Hall–Kier alpha value is -1.83. The lowest BCUT2D eigenvalue weighted by molar-refractivity contribution is -0.130. The van der Waals surface area contributed by atoms with Crippen molar-refractivity contribution in [3.05, 3.63) is 24.3 Å². The molecule has 0 fully saturated rings. The third-order valence-corrected chi connectivity index (χ3v) is 3.13. The summed E-state index contributed by atoms with van der Waals surface area (Å²) in [6, 6.07) is 4.44. The molecule has 122 valence electrons. The Bertz CT molecular complexity index is 485. The molecule has 1 N–H and O–H groups in total. The van der Waals surface area contributed by atoms with Gasteiger partial charge in [0.15, 0.2) is 6.04 Å². The van der Waals surface area contributed by atoms with E-state index in [2.05, 4.69) is 24.1 Å². The number of unbranched alkanes of at least 4 members (excludes halogenated alkanes) is 4. The molecule has 1 atom stereocenters. The molecule has 0 aliphatic rings. The van der Waals surface area contributed by atoms with Crippen molar-refractivity contribution in [3.63, 3.8) is 0 Å². The zero-order chi connectivity index (χ0) is 16.4. The van der Waals surface area contributed by atoms with E-state index < -0.39 is 12.2 Å². The number of nitrogens with one attached hydrogen (secondary N) is 1. The average Bonchev–Trinajstić information content (AvgIpc) is 2.49. The van der Waals surface area contributed by atoms with Crippen LogP contribution in [0.2, 0.25) is 0 Å². The number of methoxy groups -OCH3 is 1. The molecule has 2 nitrogen and oxygen atoms in total. The van der Waals surface area contributed by atoms with Crippen molar-refractivity contribution in [2.24, 2.45) is 0 Å². The predicted octanol–water partition coefficient (Wildman–Crippen LogP) is 5.01. The number of benzene rings is 1. The van der Waals surface area contributed by atoms with Gasteiger partial charge in [0, 0.05) is 12.1 Å². The fraction of sp³-hybridized carbons (Fsp3) is 0.529. The summed E-state index contributed by atoms with van der Waals surface area (Å²) < 4.78 is 43.9. The lowest BCUT2D eigenvalue weighted by Crippen LogP contribution is -2.34. The van der Waals surface area contributed by atoms with E-state index in [0.29, 0.717) is 17.9 Å². The van der Waals surface area contributed by atoms with Crippen LogP contribution in [0.5, 0.6) is 5.75 Å². The zero-order valence-electron chi connectivity index (χ0n) is 13.0. The second-order valence-electron chi connectivity index (χ2n) is 4.98. The summed E-state index contributed by atoms with van der Waals surface area (Å²) in [5, 5.41) is 2.42. The maximum atomic E-state index is 13.0. The van der Waals surface area contributed by atoms with E-state index in [1.807, 2.05) is 0 Å². The SMILES string of the molecule is CCCCCCC#CC(Nc1ccc(OC)cc1)C(F)(F)F. The van der Waals surface area contributed by atoms with Crippen LogP contribution in [-0.2, 0) is 0 Å². The third-order valence-electron chi connectivity index (χ3n) is 3.13. The van der Waals surface area contributed by atoms with Gasteiger partial charge >= 0.3 is 6.18 Å². The van der Waals surface area contributed by atoms with Gasteiger partial charge in [0.2, 0.25) is 0 Å². The number of halogens is 3. The minimum absolute atomic E-state index is 0.364. The molecule has 0 radical (unpaired) electrons. The highest BCUT2D eigenvalue weighted by molar-refractivity contribution is 5.49. The van der Waals surface area contributed by atoms with Crippen LogP contribution in [-0.4, -0.2) is 19.3 Å². The van der Waals surface area contributed by atoms with E-state index >= 15 is 0 Å². The molecule has 1 rings (SSSR count). The van der Waals surface area contributed by atoms with Crippen LogP contribution in [0.4, 0.5) is 18.9 Å². The van der Waals surface area contributed by atoms with E-state index in [9.17, 15) is 13.2 Å². The molecular weight excluding hydrogens is 291 g/mol. The smallest absolute Gasteiger partial charge is 0.420 e. The summed E-state index contributed by atoms with van der Waals surface area (Å²) in [7, 11) is 1.50. The number of alkyl halides is 3. The monoisotopic (exact) mass is 313 g/mol. The summed E-state index contributed by atoms with van der Waals surface area (Å²) in [5.41, 5.74) is 0.364. The van der Waals surface area contributed by atoms with Gasteiger partial charge in [-0.15, -0.1) is 5.92 Å². The molecule has 0 spiro atoms. The minimum atomic E-state index is -4.41. The standard InChI is InChI=1S/C17H22F3NO/c1-3-4-5-6-7-8-9-16(17(18,19)20)21-14-10-12-15(22-2)13-11-14/h10-13,16,21H,3-7H2,1-2H3. The molecule has 1 unspecified atom stereocenters. The quantitative estimate of drug-likeness (QED) is 0.564. The van der Waals surface area contributed by atoms with Gasteiger partial charge in [0.05, 0.1) is 7.11 Å². The second kappa shape index (κ2) is 9.24. The van der Waals surface area contributed by atoms with Crippen molar-refractivity contribution in [1.82, 2.24) is 0 Å². The Balaban J connectivity index is 2.63. The maximum absolute atomic E-state index is 13.0. The molecule has 0 bridgehead atoms. The molecule has 1 aromatic carbocycles. The largest absolute Gasteiger partial charge is 0.497 e. The lowest BCUT2D eigenvalue weighted by atomic mass is 10.1. The van der Waals surface area contributed by atoms with Crippen LogP contribution in [0.15, 0.2) is 24.3 Å². The lowest BCUT2D eigenvalue weighted by Gasteiger charge is -2.17. The van der Waals surface area contributed by atoms with Crippen molar-refractivity contribution in [2.45, 2.75) is 51.2 Å². The van der Waals surface area contributed by atoms with Crippen molar-refractivity contribution in [3.8, 4) is 17.6 Å². The van der Waals surface area contributed by atoms with E-state index in [1.165, 1.54) is 7.11 Å². The summed E-state index contributed by atoms with van der Waals surface area (Å²) >= 11 is 0. The van der Waals surface area contributed by atoms with Gasteiger partial charge in [-0.05, 0) is 30.7 Å². The number of ether oxygens (including phenoxy) is 1. The first-order valence-electron chi connectivity index (χ1n) is 7.43. The van der Waals surface area contributed by atoms with Gasteiger partial charge in [-0.2, -0.15) is 13.2 Å². The van der Waals surface area contributed by atoms with Crippen molar-refractivity contribution in [2.75, 3.05) is 12.4 Å². The maximum Gasteiger partial charge on any atom is 0.420 e. The number of rotatable bonds is 7. The highest BCUT2D eigenvalue weighted by Gasteiger charge is 2.38. The van der Waals surface area contributed by atoms with Crippen LogP contribution < -0.4 is 10.1 Å². The van der Waals surface area contributed by atoms with Crippen LogP contribution in [0.3, 0.4) is 0 Å². The van der Waals surface area contributed by atoms with Crippen molar-refractivity contribution >= 4 is 5.69 Å². The van der Waals surface area contributed by atoms with Gasteiger partial charge in [0.1, 0.15) is 5.75 Å². The van der Waals surface area contributed by atoms with E-state index in [-0.39, 0.29) is 0 Å². The molecule has 0 aliphatic carbocycles. The van der Waals surface area contributed by atoms with Crippen LogP contribution >= 0.6 is 0 Å². The van der Waals surface area contributed by atoms with E-state index in [0.717, 1.165) is 25.7 Å². The van der Waals surface area contributed by atoms with Crippen molar-refractivity contribution < 1.29 is 17.9 Å². The average molecular weight is 313 g/mol. The second-order valence-corrected chi connectivity index (χ2v) is 4.98. The van der Waals surface area contributed by atoms with Crippen molar-refractivity contribution in [1.29, 1.82) is 0 Å². The van der Waals surface area contributed by atoms with Gasteiger partial charge in [0.25, 0.3) is 0 Å². The topological polar surface area (TPSA) is 21.3 Å². The fourth-order valence-corrected chi connectivity index (χ4v) is 1.87. The summed E-state index contributed by atoms with van der Waals surface area (Å²) in [4.78, 5) is 0. The highest BCUT2D eigenvalue weighted by Crippen LogP contribution is 2.24. The summed E-state index contributed by atoms with van der Waals surface area (Å²) in [5.74, 6) is 5.53. The van der Waals surface area contributed by atoms with Crippen LogP contribution in [0.1, 0.15) is 39.0 Å². The van der Waals surface area contributed by atoms with Crippen LogP contribution in [0.25, 0.3) is 0 Å². The molecule has 0 aromatic heterocycles. The number of hydrogen-bond acceptors (Lipinski definition) is 2. The first kappa shape index (κ1) is 18.2. The summed E-state index contributed by atoms with van der Waals surface area (Å²) in [6.07, 6.45) is 0.126. The predicted molar refractivity (Wildman–Crippen MR) is 83.0 cm³/mol. The molecule has 5 heteroatoms. The molecule has 0 saturated carbocycles. The molecule has 0 amide bonds. The number of hydrogen-bond donors (Lipinski definition) is 1. The normalized spacial score (nSPS) is 12.2. The molecule has 1 aromatic rings. The Morgan fingerprint density at radius 2 is 1.82 bits per heavy atom. The zero-order valence-corrected chi connectivity index (χ0v) is 13.0. The Morgan fingerprint density at radius 1 is 1.14 bits per heavy atom.